The first-order valence-corrected chi connectivity index (χ1v) is 54.3. The number of hydrogen-bond acceptors (Lipinski definition) is 16. The number of aryl methyl sites for hydroxylation is 2. The largest absolute Gasteiger partial charge is 0.493 e. The number of quaternary nitrogens is 1. The number of methoxy groups -OCH3 is 6. The van der Waals surface area contributed by atoms with Gasteiger partial charge in [-0.25, -0.2) is 0 Å². The molecule has 8 aromatic rings. The van der Waals surface area contributed by atoms with Gasteiger partial charge in [0.1, 0.15) is 37.6 Å². The predicted molar refractivity (Wildman–Crippen MR) is 564 cm³/mol. The quantitative estimate of drug-likeness (QED) is 0.0109. The Kier molecular flexibility index (Phi) is 26.8. The Hall–Kier alpha value is -10.1. The van der Waals surface area contributed by atoms with Crippen LogP contribution >= 0.6 is 24.4 Å². The van der Waals surface area contributed by atoms with Crippen LogP contribution in [0.25, 0.3) is 22.3 Å². The van der Waals surface area contributed by atoms with Crippen LogP contribution in [0.1, 0.15) is 272 Å². The lowest BCUT2D eigenvalue weighted by Gasteiger charge is -2.59. The second-order valence-corrected chi connectivity index (χ2v) is 48.0. The van der Waals surface area contributed by atoms with Gasteiger partial charge in [0.25, 0.3) is 0 Å². The Morgan fingerprint density at radius 2 is 0.780 bits per heavy atom. The Labute approximate surface area is 844 Å². The van der Waals surface area contributed by atoms with Crippen LogP contribution in [-0.4, -0.2) is 90.6 Å². The molecule has 18 aliphatic carbocycles. The highest BCUT2D eigenvalue weighted by Crippen LogP contribution is 2.65. The van der Waals surface area contributed by atoms with E-state index < -0.39 is 12.1 Å². The van der Waals surface area contributed by atoms with Gasteiger partial charge in [-0.15, -0.1) is 0 Å². The van der Waals surface area contributed by atoms with E-state index >= 15 is 9.59 Å². The number of nitrogens with zero attached hydrogens (tertiary/aromatic N) is 2. The summed E-state index contributed by atoms with van der Waals surface area (Å²) in [5, 5.41) is 15.7. The van der Waals surface area contributed by atoms with Crippen molar-refractivity contribution in [3.8, 4) is 56.8 Å². The van der Waals surface area contributed by atoms with E-state index in [1.165, 1.54) is 180 Å². The van der Waals surface area contributed by atoms with Gasteiger partial charge in [-0.1, -0.05) is 103 Å². The number of rotatable bonds is 33. The maximum absolute atomic E-state index is 15.2. The summed E-state index contributed by atoms with van der Waals surface area (Å²) in [6, 6.07) is 52.7. The van der Waals surface area contributed by atoms with Crippen LogP contribution in [0, 0.1) is 82.3 Å². The molecule has 16 bridgehead atoms. The molecule has 20 nitrogen and oxygen atoms in total. The normalized spacial score (nSPS) is 29.4. The van der Waals surface area contributed by atoms with Crippen molar-refractivity contribution in [1.29, 1.82) is 0 Å². The molecule has 26 rings (SSSR count). The number of amides is 2. The minimum Gasteiger partial charge on any atom is -0.493 e. The lowest BCUT2D eigenvalue weighted by Crippen LogP contribution is -2.58. The summed E-state index contributed by atoms with van der Waals surface area (Å²) in [7, 11) is 9.70. The van der Waals surface area contributed by atoms with Gasteiger partial charge in [-0.3, -0.25) is 40.9 Å². The van der Waals surface area contributed by atoms with Gasteiger partial charge in [-0.05, 0) is 398 Å². The predicted octanol–water partition coefficient (Wildman–Crippen LogP) is 21.8. The summed E-state index contributed by atoms with van der Waals surface area (Å²) in [6.45, 7) is 8.37. The molecule has 8 N–H and O–H groups in total. The van der Waals surface area contributed by atoms with Crippen molar-refractivity contribution < 1.29 is 42.5 Å². The number of carbonyl (C=O) groups excluding carboxylic acids is 2. The maximum Gasteiger partial charge on any atom is 0.217 e. The first kappa shape index (κ1) is 95.7. The molecule has 8 atom stereocenters. The Bertz CT molecular complexity index is 6160. The number of fused-ring (bicyclic) bond motifs is 8. The van der Waals surface area contributed by atoms with Crippen molar-refractivity contribution in [2.75, 3.05) is 53.5 Å². The third-order valence-corrected chi connectivity index (χ3v) is 38.1. The van der Waals surface area contributed by atoms with Crippen molar-refractivity contribution in [3.05, 3.63) is 233 Å². The summed E-state index contributed by atoms with van der Waals surface area (Å²) >= 11 is 13.8. The van der Waals surface area contributed by atoms with Crippen LogP contribution < -0.4 is 82.2 Å². The highest BCUT2D eigenvalue weighted by Gasteiger charge is 2.57. The molecule has 8 aromatic carbocycles. The van der Waals surface area contributed by atoms with Gasteiger partial charge >= 0.3 is 0 Å². The molecule has 0 heterocycles. The molecule has 141 heavy (non-hydrogen) atoms. The second kappa shape index (κ2) is 39.5. The minimum absolute atomic E-state index is 0.0344. The van der Waals surface area contributed by atoms with Crippen LogP contribution in [0.3, 0.4) is 0 Å². The highest BCUT2D eigenvalue weighted by atomic mass is 32.1. The van der Waals surface area contributed by atoms with Crippen molar-refractivity contribution in [2.24, 2.45) is 82.3 Å². The lowest BCUT2D eigenvalue weighted by molar-refractivity contribution is -0.978. The standard InChI is InChI=1S/C119H146N10O10S2/c1-71(130)122-100-25-21-93-50-106(134-3)110(136-5)112(138-7)108(93)95-23-27-102(104(132)52-97(95)100)124-126-114(140)99(116-54-83-41-84(55-116)43-85(42-83)56-116)49-73-13-9-17-79(33-73)67-129(69-81-19-11-15-77(39-81)65-121-118-59-88-45-89(60-118)47-90(46-88)61-118,68-80-18-10-14-76(38-80)64-120-117-31-29-74-34-86(57-117)44-87(35-74)58-117)70-82-20-12-16-78(40-82)66-128(119-32-30-75-36-91(62-119)48-92(37-75)63-119)115(141)127-125-103-28-24-96-98(53-105(103)133)101(123-72(2)131)26-22-94-51-107(135-4)111(137-6)113(139-8)109(94)96/h9-20,23-24,27-28,33,38-40,50-53,74-75,83-92,99-101,120-121H,21-22,25-26,29-32,34-37,41-49,54-70H2,1-8H3,(H5-,122,123,124,125,126,127,130,131,132,133,140,141)/p+1/t74?,75?,83?,84?,85?,86-,87-,88?,89?,90?,91-,92-,99?,100+,101+,116?,117?,118?,119?,129+/m1/s1. The maximum atomic E-state index is 15.2. The number of nitrogens with one attached hydrogen (secondary N) is 8. The SMILES string of the molecule is COc1cc2c(c(OC)c1OC)-c1ccc(NNC(=S)C(Cc3cccc(C[N@@+](Cc4cccc(CNC56CC7CC(CC(C7)C5)C6)c4)(Cc4cccc(CNC56CCC7C[C@H](C[C@@H](C7)C5)C6)c4)Cc4cccc(CN(C(=S)NNc5ccc6c(cc5=O)[C@@H](NC(C)=O)CCc5cc(OC)c(OC)c(OC)c5-6)C56CCC7C[C@H](C[C@@H](C7)C5)C6)c4)c3)C34CC5CC(CC(C5)C3)C4)c(=O)cc1[C@@H](NC(C)=O)CC2. The molecule has 0 aliphatic heterocycles. The third-order valence-electron chi connectivity index (χ3n) is 37.4. The topological polar surface area (TPSA) is 223 Å². The molecule has 16 saturated carbocycles. The third kappa shape index (κ3) is 19.5. The number of hydrazine groups is 2. The van der Waals surface area contributed by atoms with Gasteiger partial charge in [0.2, 0.25) is 34.2 Å². The van der Waals surface area contributed by atoms with Gasteiger partial charge in [0.05, 0.1) is 59.7 Å². The number of benzene rings is 6. The summed E-state index contributed by atoms with van der Waals surface area (Å²) < 4.78 is 36.8. The summed E-state index contributed by atoms with van der Waals surface area (Å²) in [5.41, 5.74) is 31.3. The zero-order valence-electron chi connectivity index (χ0n) is 84.2. The van der Waals surface area contributed by atoms with Crippen LogP contribution in [0.2, 0.25) is 0 Å². The van der Waals surface area contributed by atoms with E-state index in [9.17, 15) is 9.59 Å². The number of anilines is 2. The van der Waals surface area contributed by atoms with E-state index in [4.69, 9.17) is 52.9 Å². The van der Waals surface area contributed by atoms with Crippen LogP contribution in [0.5, 0.6) is 34.5 Å². The molecule has 744 valence electrons. The zero-order chi connectivity index (χ0) is 96.8. The van der Waals surface area contributed by atoms with E-state index in [1.54, 1.807) is 54.8 Å². The number of carbonyl (C=O) groups is 2. The molecule has 16 fully saturated rings. The van der Waals surface area contributed by atoms with E-state index in [1.807, 2.05) is 36.4 Å². The van der Waals surface area contributed by atoms with Crippen molar-refractivity contribution in [1.82, 2.24) is 37.0 Å². The van der Waals surface area contributed by atoms with Crippen LogP contribution in [0.15, 0.2) is 155 Å². The molecule has 1 unspecified atom stereocenters. The number of hydrogen-bond donors (Lipinski definition) is 8. The molecule has 0 spiro atoms. The average molecular weight is 1940 g/mol. The van der Waals surface area contributed by atoms with Crippen LogP contribution in [-0.2, 0) is 74.7 Å². The Morgan fingerprint density at radius 3 is 1.22 bits per heavy atom. The molecule has 22 heteroatoms. The fraction of sp³-hybridized carbons (Fsp3) is 0.546. The first-order valence-electron chi connectivity index (χ1n) is 53.5. The van der Waals surface area contributed by atoms with E-state index in [2.05, 4.69) is 145 Å². The summed E-state index contributed by atoms with van der Waals surface area (Å²) in [6.07, 6.45) is 36.0. The lowest BCUT2D eigenvalue weighted by atomic mass is 9.46. The fourth-order valence-electron chi connectivity index (χ4n) is 33.1. The van der Waals surface area contributed by atoms with Crippen molar-refractivity contribution >= 4 is 57.7 Å². The number of thiocarbonyl (C=S) groups is 2. The molecule has 0 aromatic heterocycles. The fourth-order valence-corrected chi connectivity index (χ4v) is 33.8. The van der Waals surface area contributed by atoms with E-state index in [-0.39, 0.29) is 50.6 Å². The molecule has 2 amide bonds. The Morgan fingerprint density at radius 1 is 0.404 bits per heavy atom. The van der Waals surface area contributed by atoms with E-state index in [0.717, 1.165) is 165 Å². The minimum atomic E-state index is -0.472. The molecular formula is C119H147N10O10S2+. The summed E-state index contributed by atoms with van der Waals surface area (Å²) in [4.78, 5) is 59.8. The van der Waals surface area contributed by atoms with Gasteiger partial charge < -0.3 is 59.1 Å². The second-order valence-electron chi connectivity index (χ2n) is 47.2. The van der Waals surface area contributed by atoms with Gasteiger partial charge in [0, 0.05) is 89.4 Å². The Balaban J connectivity index is 0.622. The molecule has 18 aliphatic rings. The molecule has 0 radical (unpaired) electrons. The number of ether oxygens (including phenoxy) is 6. The van der Waals surface area contributed by atoms with Crippen molar-refractivity contribution in [2.45, 2.75) is 287 Å². The highest BCUT2D eigenvalue weighted by molar-refractivity contribution is 7.80. The smallest absolute Gasteiger partial charge is 0.217 e. The molecule has 0 saturated heterocycles. The monoisotopic (exact) mass is 1940 g/mol. The van der Waals surface area contributed by atoms with E-state index in [0.29, 0.717) is 134 Å². The van der Waals surface area contributed by atoms with Gasteiger partial charge in [0.15, 0.2) is 28.1 Å². The zero-order valence-corrected chi connectivity index (χ0v) is 85.8. The first-order chi connectivity index (χ1) is 68.4. The van der Waals surface area contributed by atoms with Crippen molar-refractivity contribution in [3.63, 3.8) is 0 Å². The summed E-state index contributed by atoms with van der Waals surface area (Å²) in [5.74, 6) is 11.5. The van der Waals surface area contributed by atoms with Gasteiger partial charge in [-0.2, -0.15) is 0 Å². The average Bonchev–Trinajstić information content (AvgIpc) is 1.70. The van der Waals surface area contributed by atoms with Crippen LogP contribution in [0.4, 0.5) is 11.4 Å². The molecular weight excluding hydrogens is 1790 g/mol.